The zero-order valence-electron chi connectivity index (χ0n) is 11.8. The van der Waals surface area contributed by atoms with Crippen LogP contribution in [0.1, 0.15) is 29.7 Å². The van der Waals surface area contributed by atoms with Crippen molar-refractivity contribution >= 4 is 29.1 Å². The number of aryl methyl sites for hydroxylation is 1. The molecule has 19 heavy (non-hydrogen) atoms. The summed E-state index contributed by atoms with van der Waals surface area (Å²) in [6.07, 6.45) is 4.52. The fraction of sp³-hybridized carbons (Fsp3) is 0.692. The second-order valence-corrected chi connectivity index (χ2v) is 8.05. The summed E-state index contributed by atoms with van der Waals surface area (Å²) in [4.78, 5) is 9.85. The molecule has 1 aromatic heterocycles. The normalized spacial score (nSPS) is 23.6. The molecule has 1 atom stereocenters. The van der Waals surface area contributed by atoms with E-state index in [1.807, 2.05) is 13.2 Å². The summed E-state index contributed by atoms with van der Waals surface area (Å²) in [5.74, 6) is 2.14. The first-order valence-electron chi connectivity index (χ1n) is 6.61. The minimum absolute atomic E-state index is 0.357. The summed E-state index contributed by atoms with van der Waals surface area (Å²) in [6.45, 7) is 6.11. The van der Waals surface area contributed by atoms with Gasteiger partial charge in [-0.05, 0) is 32.4 Å². The van der Waals surface area contributed by atoms with E-state index in [1.165, 1.54) is 23.5 Å². The van der Waals surface area contributed by atoms with Gasteiger partial charge in [-0.25, -0.2) is 4.98 Å². The van der Waals surface area contributed by atoms with Crippen LogP contribution in [0.4, 0.5) is 0 Å². The quantitative estimate of drug-likeness (QED) is 0.662. The van der Waals surface area contributed by atoms with E-state index in [2.05, 4.69) is 46.2 Å². The average molecular weight is 298 g/mol. The second kappa shape index (κ2) is 6.61. The molecule has 1 saturated heterocycles. The van der Waals surface area contributed by atoms with Crippen LogP contribution in [0.3, 0.4) is 0 Å². The van der Waals surface area contributed by atoms with E-state index in [1.54, 1.807) is 11.3 Å². The predicted molar refractivity (Wildman–Crippen MR) is 85.1 cm³/mol. The van der Waals surface area contributed by atoms with E-state index < -0.39 is 0 Å². The Labute approximate surface area is 123 Å². The average Bonchev–Trinajstić information content (AvgIpc) is 2.99. The molecule has 0 amide bonds. The highest BCUT2D eigenvalue weighted by molar-refractivity contribution is 8.00. The molecular formula is C13H22N4S2. The van der Waals surface area contributed by atoms with Gasteiger partial charge in [0.25, 0.3) is 0 Å². The third-order valence-electron chi connectivity index (χ3n) is 3.23. The molecule has 6 heteroatoms. The van der Waals surface area contributed by atoms with Crippen LogP contribution in [-0.4, -0.2) is 35.0 Å². The number of aromatic nitrogens is 1. The Kier molecular flexibility index (Phi) is 5.10. The first-order valence-corrected chi connectivity index (χ1v) is 8.41. The van der Waals surface area contributed by atoms with Gasteiger partial charge in [0.15, 0.2) is 5.96 Å². The highest BCUT2D eigenvalue weighted by atomic mass is 32.2. The highest BCUT2D eigenvalue weighted by Gasteiger charge is 2.29. The van der Waals surface area contributed by atoms with Gasteiger partial charge >= 0.3 is 0 Å². The van der Waals surface area contributed by atoms with E-state index in [0.717, 1.165) is 24.1 Å². The number of rotatable bonds is 4. The van der Waals surface area contributed by atoms with E-state index in [9.17, 15) is 0 Å². The second-order valence-electron chi connectivity index (χ2n) is 5.05. The molecule has 0 aliphatic carbocycles. The van der Waals surface area contributed by atoms with Crippen molar-refractivity contribution in [1.82, 2.24) is 15.6 Å². The smallest absolute Gasteiger partial charge is 0.191 e. The van der Waals surface area contributed by atoms with Crippen molar-refractivity contribution in [2.75, 3.05) is 19.3 Å². The van der Waals surface area contributed by atoms with Gasteiger partial charge in [0.1, 0.15) is 5.01 Å². The first kappa shape index (κ1) is 14.7. The first-order chi connectivity index (χ1) is 9.11. The maximum atomic E-state index is 4.34. The summed E-state index contributed by atoms with van der Waals surface area (Å²) in [7, 11) is 1.81. The Morgan fingerprint density at radius 1 is 1.53 bits per heavy atom. The van der Waals surface area contributed by atoms with Gasteiger partial charge in [-0.3, -0.25) is 4.99 Å². The molecule has 1 aromatic rings. The minimum atomic E-state index is 0.357. The van der Waals surface area contributed by atoms with Crippen molar-refractivity contribution in [2.45, 2.75) is 38.0 Å². The zero-order valence-corrected chi connectivity index (χ0v) is 13.5. The number of nitrogens with zero attached hydrogens (tertiary/aromatic N) is 2. The van der Waals surface area contributed by atoms with E-state index in [4.69, 9.17) is 0 Å². The fourth-order valence-electron chi connectivity index (χ4n) is 2.11. The molecule has 0 radical (unpaired) electrons. The lowest BCUT2D eigenvalue weighted by Gasteiger charge is -2.24. The monoisotopic (exact) mass is 298 g/mol. The maximum Gasteiger partial charge on any atom is 0.191 e. The maximum absolute atomic E-state index is 4.34. The van der Waals surface area contributed by atoms with Crippen LogP contribution in [0.15, 0.2) is 11.2 Å². The lowest BCUT2D eigenvalue weighted by Crippen LogP contribution is -2.43. The number of guanidine groups is 1. The molecular weight excluding hydrogens is 276 g/mol. The summed E-state index contributed by atoms with van der Waals surface area (Å²) in [6, 6.07) is 0. The number of thioether (sulfide) groups is 1. The van der Waals surface area contributed by atoms with Gasteiger partial charge in [-0.1, -0.05) is 0 Å². The molecule has 1 fully saturated rings. The van der Waals surface area contributed by atoms with Crippen LogP contribution in [0.25, 0.3) is 0 Å². The van der Waals surface area contributed by atoms with Gasteiger partial charge in [-0.15, -0.1) is 11.3 Å². The summed E-state index contributed by atoms with van der Waals surface area (Å²) in [5, 5.41) is 7.84. The van der Waals surface area contributed by atoms with Crippen molar-refractivity contribution in [1.29, 1.82) is 0 Å². The van der Waals surface area contributed by atoms with Crippen molar-refractivity contribution < 1.29 is 0 Å². The molecule has 0 saturated carbocycles. The zero-order chi connectivity index (χ0) is 13.7. The Bertz CT molecular complexity index is 436. The highest BCUT2D eigenvalue weighted by Crippen LogP contribution is 2.36. The third-order valence-corrected chi connectivity index (χ3v) is 5.68. The van der Waals surface area contributed by atoms with Crippen LogP contribution in [0, 0.1) is 6.92 Å². The van der Waals surface area contributed by atoms with Crippen molar-refractivity contribution in [2.24, 2.45) is 4.99 Å². The van der Waals surface area contributed by atoms with Crippen LogP contribution >= 0.6 is 23.1 Å². The molecule has 1 aliphatic heterocycles. The molecule has 2 N–H and O–H groups in total. The summed E-state index contributed by atoms with van der Waals surface area (Å²) < 4.78 is 0.357. The van der Waals surface area contributed by atoms with Gasteiger partial charge in [0, 0.05) is 29.4 Å². The standard InChI is InChI=1S/C13H22N4S2/c1-10-7-15-11(19-10)8-16-12(14-3)17-9-13(2)5-4-6-18-13/h7H,4-6,8-9H2,1-3H3,(H2,14,16,17). The van der Waals surface area contributed by atoms with Crippen molar-refractivity contribution in [3.63, 3.8) is 0 Å². The molecule has 0 spiro atoms. The van der Waals surface area contributed by atoms with Gasteiger partial charge in [0.05, 0.1) is 6.54 Å². The molecule has 1 aliphatic rings. The van der Waals surface area contributed by atoms with Crippen LogP contribution in [0.5, 0.6) is 0 Å². The summed E-state index contributed by atoms with van der Waals surface area (Å²) in [5.41, 5.74) is 0. The molecule has 1 unspecified atom stereocenters. The predicted octanol–water partition coefficient (Wildman–Crippen LogP) is 2.40. The van der Waals surface area contributed by atoms with E-state index in [-0.39, 0.29) is 0 Å². The van der Waals surface area contributed by atoms with Crippen LogP contribution < -0.4 is 10.6 Å². The topological polar surface area (TPSA) is 49.3 Å². The van der Waals surface area contributed by atoms with E-state index >= 15 is 0 Å². The lowest BCUT2D eigenvalue weighted by atomic mass is 10.1. The Hall–Kier alpha value is -0.750. The SMILES string of the molecule is CN=C(NCc1ncc(C)s1)NCC1(C)CCCS1. The Balaban J connectivity index is 1.77. The number of thiazole rings is 1. The fourth-order valence-corrected chi connectivity index (χ4v) is 4.08. The number of hydrogen-bond donors (Lipinski definition) is 2. The van der Waals surface area contributed by atoms with Crippen molar-refractivity contribution in [3.8, 4) is 0 Å². The molecule has 4 nitrogen and oxygen atoms in total. The largest absolute Gasteiger partial charge is 0.355 e. The molecule has 0 bridgehead atoms. The van der Waals surface area contributed by atoms with Gasteiger partial charge in [-0.2, -0.15) is 11.8 Å². The van der Waals surface area contributed by atoms with Gasteiger partial charge < -0.3 is 10.6 Å². The lowest BCUT2D eigenvalue weighted by molar-refractivity contribution is 0.584. The Morgan fingerprint density at radius 2 is 2.37 bits per heavy atom. The van der Waals surface area contributed by atoms with Crippen molar-refractivity contribution in [3.05, 3.63) is 16.1 Å². The summed E-state index contributed by atoms with van der Waals surface area (Å²) >= 11 is 3.78. The molecule has 106 valence electrons. The molecule has 2 heterocycles. The van der Waals surface area contributed by atoms with Crippen LogP contribution in [0.2, 0.25) is 0 Å². The number of hydrogen-bond acceptors (Lipinski definition) is 4. The number of aliphatic imine (C=N–C) groups is 1. The third kappa shape index (κ3) is 4.38. The Morgan fingerprint density at radius 3 is 2.95 bits per heavy atom. The molecule has 2 rings (SSSR count). The van der Waals surface area contributed by atoms with Gasteiger partial charge in [0.2, 0.25) is 0 Å². The minimum Gasteiger partial charge on any atom is -0.355 e. The van der Waals surface area contributed by atoms with Crippen LogP contribution in [-0.2, 0) is 6.54 Å². The molecule has 0 aromatic carbocycles. The number of nitrogens with one attached hydrogen (secondary N) is 2. The van der Waals surface area contributed by atoms with E-state index in [0.29, 0.717) is 4.75 Å².